The zero-order chi connectivity index (χ0) is 32.6. The van der Waals surface area contributed by atoms with Gasteiger partial charge in [-0.05, 0) is 103 Å². The molecule has 3 N–H and O–H groups in total. The summed E-state index contributed by atoms with van der Waals surface area (Å²) in [7, 11) is 0. The molecular weight excluding hydrogens is 596 g/mol. The number of carboxylic acids is 1. The van der Waals surface area contributed by atoms with Gasteiger partial charge < -0.3 is 30.0 Å². The molecule has 0 unspecified atom stereocenters. The van der Waals surface area contributed by atoms with Crippen molar-refractivity contribution in [1.29, 1.82) is 0 Å². The molecule has 6 rings (SSSR count). The number of anilines is 1. The van der Waals surface area contributed by atoms with E-state index < -0.39 is 18.0 Å². The van der Waals surface area contributed by atoms with Crippen molar-refractivity contribution in [3.05, 3.63) is 132 Å². The van der Waals surface area contributed by atoms with Crippen molar-refractivity contribution in [1.82, 2.24) is 5.32 Å². The van der Waals surface area contributed by atoms with Gasteiger partial charge in [0.25, 0.3) is 5.91 Å². The van der Waals surface area contributed by atoms with Crippen LogP contribution in [0.1, 0.15) is 52.0 Å². The molecule has 1 aliphatic rings. The Balaban J connectivity index is 0.983. The summed E-state index contributed by atoms with van der Waals surface area (Å²) in [6, 6.07) is 34.3. The van der Waals surface area contributed by atoms with Crippen LogP contribution in [0.3, 0.4) is 0 Å². The topological polar surface area (TPSA) is 123 Å². The lowest BCUT2D eigenvalue weighted by Gasteiger charge is -2.29. The third kappa shape index (κ3) is 8.26. The van der Waals surface area contributed by atoms with E-state index in [0.29, 0.717) is 17.1 Å². The molecular formula is C38H34N2O7. The fraction of sp³-hybridized carbons (Fsp3) is 0.184. The number of carboxylic acid groups (broad SMARTS) is 1. The second-order valence-electron chi connectivity index (χ2n) is 11.4. The summed E-state index contributed by atoms with van der Waals surface area (Å²) < 4.78 is 17.7. The van der Waals surface area contributed by atoms with E-state index in [9.17, 15) is 19.5 Å². The van der Waals surface area contributed by atoms with Gasteiger partial charge in [-0.3, -0.25) is 4.79 Å². The Hall–Kier alpha value is -5.83. The zero-order valence-electron chi connectivity index (χ0n) is 25.6. The highest BCUT2D eigenvalue weighted by atomic mass is 16.5. The number of carbonyl (C=O) groups is 3. The minimum absolute atomic E-state index is 0.0198. The monoisotopic (exact) mass is 630 g/mol. The maximum absolute atomic E-state index is 12.7. The number of amides is 2. The smallest absolute Gasteiger partial charge is 0.407 e. The molecule has 238 valence electrons. The van der Waals surface area contributed by atoms with Gasteiger partial charge in [-0.1, -0.05) is 54.6 Å². The number of para-hydroxylation sites is 1. The molecule has 1 fully saturated rings. The number of carbonyl (C=O) groups excluding carboxylic acids is 2. The van der Waals surface area contributed by atoms with Gasteiger partial charge in [0.05, 0.1) is 17.4 Å². The van der Waals surface area contributed by atoms with Crippen molar-refractivity contribution < 1.29 is 33.7 Å². The van der Waals surface area contributed by atoms with Crippen LogP contribution in [-0.4, -0.2) is 35.2 Å². The highest BCUT2D eigenvalue weighted by Crippen LogP contribution is 2.30. The average Bonchev–Trinajstić information content (AvgIpc) is 3.09. The number of hydrogen-bond donors (Lipinski definition) is 3. The predicted octanol–water partition coefficient (Wildman–Crippen LogP) is 8.20. The summed E-state index contributed by atoms with van der Waals surface area (Å²) in [6.45, 7) is 0.253. The third-order valence-electron chi connectivity index (χ3n) is 8.05. The number of alkyl carbamates (subject to hydrolysis) is 1. The van der Waals surface area contributed by atoms with Crippen LogP contribution in [0.2, 0.25) is 0 Å². The number of fused-ring (bicyclic) bond motifs is 1. The zero-order valence-corrected chi connectivity index (χ0v) is 25.6. The molecule has 0 saturated heterocycles. The first kappa shape index (κ1) is 31.2. The van der Waals surface area contributed by atoms with E-state index in [1.54, 1.807) is 42.5 Å². The van der Waals surface area contributed by atoms with Gasteiger partial charge in [0.1, 0.15) is 23.9 Å². The van der Waals surface area contributed by atoms with Crippen LogP contribution >= 0.6 is 0 Å². The number of nitrogens with one attached hydrogen (secondary N) is 2. The molecule has 1 aliphatic carbocycles. The number of rotatable bonds is 10. The van der Waals surface area contributed by atoms with Crippen LogP contribution < -0.4 is 20.1 Å². The van der Waals surface area contributed by atoms with E-state index in [0.717, 1.165) is 47.8 Å². The summed E-state index contributed by atoms with van der Waals surface area (Å²) >= 11 is 0. The standard InChI is InChI=1S/C38H34N2O7/c41-36(40-35-9-5-4-8-34(35)37(42)43)26-10-16-30(17-11-26)46-32-18-12-28-23-33(19-13-27(28)22-32)47-31-20-14-29(15-21-31)39-38(44)45-24-25-6-2-1-3-7-25/h1-13,16-19,22-23,29,31H,14-15,20-21,24H2,(H,39,44)(H,40,41)(H,42,43). The largest absolute Gasteiger partial charge is 0.490 e. The third-order valence-corrected chi connectivity index (χ3v) is 8.05. The fourth-order valence-electron chi connectivity index (χ4n) is 5.57. The van der Waals surface area contributed by atoms with Crippen molar-refractivity contribution >= 4 is 34.4 Å². The van der Waals surface area contributed by atoms with E-state index in [-0.39, 0.29) is 30.0 Å². The van der Waals surface area contributed by atoms with Crippen molar-refractivity contribution in [2.45, 2.75) is 44.4 Å². The van der Waals surface area contributed by atoms with Gasteiger partial charge in [0.2, 0.25) is 0 Å². The molecule has 47 heavy (non-hydrogen) atoms. The lowest BCUT2D eigenvalue weighted by Crippen LogP contribution is -2.39. The molecule has 0 heterocycles. The van der Waals surface area contributed by atoms with Gasteiger partial charge in [0.15, 0.2) is 0 Å². The van der Waals surface area contributed by atoms with Crippen LogP contribution in [0.15, 0.2) is 115 Å². The van der Waals surface area contributed by atoms with Gasteiger partial charge >= 0.3 is 12.1 Å². The van der Waals surface area contributed by atoms with E-state index in [1.165, 1.54) is 6.07 Å². The second kappa shape index (κ2) is 14.5. The molecule has 1 saturated carbocycles. The first-order valence-corrected chi connectivity index (χ1v) is 15.5. The highest BCUT2D eigenvalue weighted by molar-refractivity contribution is 6.07. The van der Waals surface area contributed by atoms with Crippen molar-refractivity contribution in [3.8, 4) is 17.2 Å². The van der Waals surface area contributed by atoms with E-state index >= 15 is 0 Å². The minimum atomic E-state index is -1.11. The molecule has 9 heteroatoms. The predicted molar refractivity (Wildman–Crippen MR) is 178 cm³/mol. The van der Waals surface area contributed by atoms with Gasteiger partial charge in [-0.15, -0.1) is 0 Å². The Morgan fingerprint density at radius 2 is 1.34 bits per heavy atom. The summed E-state index contributed by atoms with van der Waals surface area (Å²) in [5, 5.41) is 17.0. The minimum Gasteiger partial charge on any atom is -0.490 e. The first-order valence-electron chi connectivity index (χ1n) is 15.5. The second-order valence-corrected chi connectivity index (χ2v) is 11.4. The van der Waals surface area contributed by atoms with Crippen LogP contribution in [0.5, 0.6) is 17.2 Å². The number of benzene rings is 5. The van der Waals surface area contributed by atoms with E-state index in [4.69, 9.17) is 14.2 Å². The molecule has 0 aliphatic heterocycles. The Kier molecular flexibility index (Phi) is 9.62. The van der Waals surface area contributed by atoms with Gasteiger partial charge in [-0.25, -0.2) is 9.59 Å². The molecule has 0 bridgehead atoms. The first-order chi connectivity index (χ1) is 22.9. The summed E-state index contributed by atoms with van der Waals surface area (Å²) in [4.78, 5) is 36.4. The van der Waals surface area contributed by atoms with Crippen LogP contribution in [0, 0.1) is 0 Å². The lowest BCUT2D eigenvalue weighted by atomic mass is 9.93. The fourth-order valence-corrected chi connectivity index (χ4v) is 5.57. The van der Waals surface area contributed by atoms with Gasteiger partial charge in [0, 0.05) is 11.6 Å². The maximum atomic E-state index is 12.7. The molecule has 2 amide bonds. The van der Waals surface area contributed by atoms with E-state index in [2.05, 4.69) is 10.6 Å². The van der Waals surface area contributed by atoms with Crippen molar-refractivity contribution in [2.75, 3.05) is 5.32 Å². The molecule has 9 nitrogen and oxygen atoms in total. The SMILES string of the molecule is O=C(NC1CCC(Oc2ccc3cc(Oc4ccc(C(=O)Nc5ccccc5C(=O)O)cc4)ccc3c2)CC1)OCc1ccccc1. The van der Waals surface area contributed by atoms with Crippen LogP contribution in [0.25, 0.3) is 10.8 Å². The lowest BCUT2D eigenvalue weighted by molar-refractivity contribution is 0.0698. The summed E-state index contributed by atoms with van der Waals surface area (Å²) in [5.41, 5.74) is 1.58. The number of aromatic carboxylic acids is 1. The number of ether oxygens (including phenoxy) is 3. The Bertz CT molecular complexity index is 1870. The quantitative estimate of drug-likeness (QED) is 0.142. The van der Waals surface area contributed by atoms with Gasteiger partial charge in [-0.2, -0.15) is 0 Å². The summed E-state index contributed by atoms with van der Waals surface area (Å²) in [6.07, 6.45) is 3.00. The molecule has 0 radical (unpaired) electrons. The average molecular weight is 631 g/mol. The molecule has 5 aromatic rings. The van der Waals surface area contributed by atoms with Crippen molar-refractivity contribution in [2.24, 2.45) is 0 Å². The molecule has 0 aromatic heterocycles. The van der Waals surface area contributed by atoms with E-state index in [1.807, 2.05) is 66.7 Å². The van der Waals surface area contributed by atoms with Crippen molar-refractivity contribution in [3.63, 3.8) is 0 Å². The summed E-state index contributed by atoms with van der Waals surface area (Å²) in [5.74, 6) is 0.465. The molecule has 0 spiro atoms. The maximum Gasteiger partial charge on any atom is 0.407 e. The Morgan fingerprint density at radius 1 is 0.702 bits per heavy atom. The molecule has 5 aromatic carbocycles. The highest BCUT2D eigenvalue weighted by Gasteiger charge is 2.24. The Morgan fingerprint density at radius 3 is 2.06 bits per heavy atom. The normalized spacial score (nSPS) is 15.7. The Labute approximate surface area is 272 Å². The molecule has 0 atom stereocenters. The van der Waals surface area contributed by atoms with Crippen LogP contribution in [0.4, 0.5) is 10.5 Å². The van der Waals surface area contributed by atoms with Crippen LogP contribution in [-0.2, 0) is 11.3 Å². The number of hydrogen-bond acceptors (Lipinski definition) is 6.